The average molecular weight is 183 g/mol. The maximum atomic E-state index is 11.4. The van der Waals surface area contributed by atoms with Crippen LogP contribution >= 0.6 is 0 Å². The van der Waals surface area contributed by atoms with Gasteiger partial charge in [0.05, 0.1) is 0 Å². The summed E-state index contributed by atoms with van der Waals surface area (Å²) in [6.07, 6.45) is 6.81. The minimum Gasteiger partial charge on any atom is -0.317 e. The Morgan fingerprint density at radius 2 is 2.08 bits per heavy atom. The smallest absolute Gasteiger partial charge is 0.134 e. The second-order valence-corrected chi connectivity index (χ2v) is 4.00. The molecule has 1 saturated carbocycles. The lowest BCUT2D eigenvalue weighted by Gasteiger charge is -2.07. The molecule has 0 unspecified atom stereocenters. The number of hydrogen-bond acceptors (Lipinski definition) is 2. The number of nitrogens with one attached hydrogen (secondary N) is 1. The highest BCUT2D eigenvalue weighted by molar-refractivity contribution is 5.78. The number of Topliss-reactive ketones (excluding diaryl/α,β-unsaturated/α-hetero) is 1. The van der Waals surface area contributed by atoms with E-state index < -0.39 is 0 Å². The van der Waals surface area contributed by atoms with Crippen LogP contribution in [0.2, 0.25) is 0 Å². The molecule has 0 saturated heterocycles. The van der Waals surface area contributed by atoms with Crippen molar-refractivity contribution >= 4 is 5.78 Å². The quantitative estimate of drug-likeness (QED) is 0.639. The maximum Gasteiger partial charge on any atom is 0.134 e. The third-order valence-corrected chi connectivity index (χ3v) is 2.82. The number of rotatable bonds is 6. The van der Waals surface area contributed by atoms with Gasteiger partial charge in [-0.1, -0.05) is 32.6 Å². The molecule has 1 N–H and O–H groups in total. The van der Waals surface area contributed by atoms with Gasteiger partial charge < -0.3 is 5.32 Å². The Balaban J connectivity index is 2.02. The molecular weight excluding hydrogens is 162 g/mol. The molecule has 13 heavy (non-hydrogen) atoms. The van der Waals surface area contributed by atoms with E-state index in [0.29, 0.717) is 11.7 Å². The van der Waals surface area contributed by atoms with Crippen LogP contribution in [0.15, 0.2) is 0 Å². The first-order chi connectivity index (χ1) is 6.33. The first kappa shape index (κ1) is 10.7. The zero-order valence-corrected chi connectivity index (χ0v) is 8.64. The van der Waals surface area contributed by atoms with Crippen LogP contribution < -0.4 is 5.32 Å². The molecule has 1 aliphatic carbocycles. The van der Waals surface area contributed by atoms with Crippen molar-refractivity contribution in [3.8, 4) is 0 Å². The molecule has 2 nitrogen and oxygen atoms in total. The van der Waals surface area contributed by atoms with Crippen molar-refractivity contribution in [3.05, 3.63) is 0 Å². The van der Waals surface area contributed by atoms with E-state index in [4.69, 9.17) is 0 Å². The standard InChI is InChI=1S/C11H21NO/c1-2-12-8-7-11(13)9-10-5-3-4-6-10/h10,12H,2-9H2,1H3. The molecule has 0 aromatic rings. The van der Waals surface area contributed by atoms with Crippen molar-refractivity contribution in [1.29, 1.82) is 0 Å². The van der Waals surface area contributed by atoms with Gasteiger partial charge in [-0.05, 0) is 12.5 Å². The van der Waals surface area contributed by atoms with E-state index in [1.807, 2.05) is 0 Å². The minimum absolute atomic E-state index is 0.452. The van der Waals surface area contributed by atoms with Gasteiger partial charge in [-0.2, -0.15) is 0 Å². The van der Waals surface area contributed by atoms with Crippen molar-refractivity contribution in [1.82, 2.24) is 5.32 Å². The Kier molecular flexibility index (Phi) is 5.06. The number of carbonyl (C=O) groups is 1. The van der Waals surface area contributed by atoms with Crippen molar-refractivity contribution in [2.75, 3.05) is 13.1 Å². The fourth-order valence-electron chi connectivity index (χ4n) is 2.04. The molecule has 0 heterocycles. The van der Waals surface area contributed by atoms with Crippen LogP contribution in [0.4, 0.5) is 0 Å². The second kappa shape index (κ2) is 6.14. The lowest BCUT2D eigenvalue weighted by atomic mass is 10.00. The van der Waals surface area contributed by atoms with E-state index in [0.717, 1.165) is 25.9 Å². The van der Waals surface area contributed by atoms with Gasteiger partial charge in [0.2, 0.25) is 0 Å². The van der Waals surface area contributed by atoms with Gasteiger partial charge in [0.25, 0.3) is 0 Å². The van der Waals surface area contributed by atoms with E-state index in [1.54, 1.807) is 0 Å². The molecule has 0 spiro atoms. The van der Waals surface area contributed by atoms with Crippen LogP contribution in [0, 0.1) is 5.92 Å². The minimum atomic E-state index is 0.452. The summed E-state index contributed by atoms with van der Waals surface area (Å²) < 4.78 is 0. The van der Waals surface area contributed by atoms with E-state index in [9.17, 15) is 4.79 Å². The average Bonchev–Trinajstić information content (AvgIpc) is 2.57. The largest absolute Gasteiger partial charge is 0.317 e. The third-order valence-electron chi connectivity index (χ3n) is 2.82. The summed E-state index contributed by atoms with van der Waals surface area (Å²) in [6.45, 7) is 3.90. The zero-order valence-electron chi connectivity index (χ0n) is 8.64. The van der Waals surface area contributed by atoms with E-state index in [1.165, 1.54) is 25.7 Å². The molecule has 1 rings (SSSR count). The highest BCUT2D eigenvalue weighted by Gasteiger charge is 2.17. The van der Waals surface area contributed by atoms with Crippen LogP contribution in [0.1, 0.15) is 45.4 Å². The van der Waals surface area contributed by atoms with Gasteiger partial charge in [-0.25, -0.2) is 0 Å². The molecule has 2 heteroatoms. The number of carbonyl (C=O) groups excluding carboxylic acids is 1. The number of ketones is 1. The van der Waals surface area contributed by atoms with Crippen LogP contribution in [0.5, 0.6) is 0 Å². The second-order valence-electron chi connectivity index (χ2n) is 4.00. The van der Waals surface area contributed by atoms with Crippen molar-refractivity contribution in [2.45, 2.75) is 45.4 Å². The van der Waals surface area contributed by atoms with Gasteiger partial charge in [0, 0.05) is 19.4 Å². The lowest BCUT2D eigenvalue weighted by molar-refractivity contribution is -0.119. The first-order valence-corrected chi connectivity index (χ1v) is 5.55. The van der Waals surface area contributed by atoms with Crippen LogP contribution in [0.25, 0.3) is 0 Å². The molecular formula is C11H21NO. The topological polar surface area (TPSA) is 29.1 Å². The Bertz CT molecular complexity index is 150. The van der Waals surface area contributed by atoms with E-state index in [2.05, 4.69) is 12.2 Å². The molecule has 1 fully saturated rings. The summed E-state index contributed by atoms with van der Waals surface area (Å²) in [4.78, 5) is 11.4. The SMILES string of the molecule is CCNCCC(=O)CC1CCCC1. The normalized spacial score (nSPS) is 17.9. The monoisotopic (exact) mass is 183 g/mol. The van der Waals surface area contributed by atoms with E-state index >= 15 is 0 Å². The Morgan fingerprint density at radius 1 is 1.38 bits per heavy atom. The summed E-state index contributed by atoms with van der Waals surface area (Å²) in [6, 6.07) is 0. The lowest BCUT2D eigenvalue weighted by Crippen LogP contribution is -2.18. The molecule has 0 atom stereocenters. The summed E-state index contributed by atoms with van der Waals surface area (Å²) >= 11 is 0. The molecule has 1 aliphatic rings. The predicted molar refractivity (Wildman–Crippen MR) is 54.7 cm³/mol. The van der Waals surface area contributed by atoms with Crippen LogP contribution in [-0.2, 0) is 4.79 Å². The van der Waals surface area contributed by atoms with Gasteiger partial charge in [0.1, 0.15) is 5.78 Å². The molecule has 0 aliphatic heterocycles. The zero-order chi connectivity index (χ0) is 9.52. The molecule has 0 aromatic heterocycles. The highest BCUT2D eigenvalue weighted by atomic mass is 16.1. The van der Waals surface area contributed by atoms with Crippen molar-refractivity contribution in [3.63, 3.8) is 0 Å². The molecule has 0 radical (unpaired) electrons. The fourth-order valence-corrected chi connectivity index (χ4v) is 2.04. The van der Waals surface area contributed by atoms with Crippen molar-refractivity contribution < 1.29 is 4.79 Å². The third kappa shape index (κ3) is 4.41. The molecule has 0 bridgehead atoms. The summed E-state index contributed by atoms with van der Waals surface area (Å²) in [7, 11) is 0. The van der Waals surface area contributed by atoms with Crippen LogP contribution in [0.3, 0.4) is 0 Å². The molecule has 0 amide bonds. The van der Waals surface area contributed by atoms with Crippen LogP contribution in [-0.4, -0.2) is 18.9 Å². The Morgan fingerprint density at radius 3 is 2.69 bits per heavy atom. The predicted octanol–water partition coefficient (Wildman–Crippen LogP) is 2.14. The Hall–Kier alpha value is -0.370. The van der Waals surface area contributed by atoms with Gasteiger partial charge in [-0.15, -0.1) is 0 Å². The molecule has 0 aromatic carbocycles. The molecule has 76 valence electrons. The van der Waals surface area contributed by atoms with E-state index in [-0.39, 0.29) is 0 Å². The fraction of sp³-hybridized carbons (Fsp3) is 0.909. The van der Waals surface area contributed by atoms with Gasteiger partial charge >= 0.3 is 0 Å². The summed E-state index contributed by atoms with van der Waals surface area (Å²) in [5.41, 5.74) is 0. The summed E-state index contributed by atoms with van der Waals surface area (Å²) in [5, 5.41) is 3.18. The number of hydrogen-bond donors (Lipinski definition) is 1. The van der Waals surface area contributed by atoms with Gasteiger partial charge in [-0.3, -0.25) is 4.79 Å². The van der Waals surface area contributed by atoms with Crippen molar-refractivity contribution in [2.24, 2.45) is 5.92 Å². The van der Waals surface area contributed by atoms with Gasteiger partial charge in [0.15, 0.2) is 0 Å². The maximum absolute atomic E-state index is 11.4. The Labute approximate surface area is 81.1 Å². The highest BCUT2D eigenvalue weighted by Crippen LogP contribution is 2.27. The first-order valence-electron chi connectivity index (χ1n) is 5.55. The summed E-state index contributed by atoms with van der Waals surface area (Å²) in [5.74, 6) is 1.17.